The van der Waals surface area contributed by atoms with Crippen molar-refractivity contribution in [2.24, 2.45) is 0 Å². The van der Waals surface area contributed by atoms with Gasteiger partial charge in [0.25, 0.3) is 5.91 Å². The number of urea groups is 1. The van der Waals surface area contributed by atoms with Crippen LogP contribution < -0.4 is 10.6 Å². The van der Waals surface area contributed by atoms with Gasteiger partial charge in [0.2, 0.25) is 0 Å². The molecule has 0 saturated heterocycles. The number of aryl methyl sites for hydroxylation is 3. The van der Waals surface area contributed by atoms with Gasteiger partial charge in [0.1, 0.15) is 5.58 Å². The molecule has 8 nitrogen and oxygen atoms in total. The number of anilines is 1. The van der Waals surface area contributed by atoms with Crippen LogP contribution in [0.2, 0.25) is 5.02 Å². The van der Waals surface area contributed by atoms with E-state index in [1.807, 2.05) is 24.6 Å². The van der Waals surface area contributed by atoms with E-state index in [4.69, 9.17) is 16.0 Å². The second-order valence-electron chi connectivity index (χ2n) is 9.59. The summed E-state index contributed by atoms with van der Waals surface area (Å²) in [5, 5.41) is 11.7. The first-order valence-corrected chi connectivity index (χ1v) is 12.3. The monoisotopic (exact) mass is 483 g/mol. The molecule has 2 N–H and O–H groups in total. The van der Waals surface area contributed by atoms with Crippen molar-refractivity contribution < 1.29 is 14.0 Å². The lowest BCUT2D eigenvalue weighted by Crippen LogP contribution is -2.52. The SMILES string of the molecule is Cc1cc(C)n(CCCN(C)C(=O)c2cc3cc(Cl)c4c(c3o2)C2(CCCCC2)NC(=O)N4)n1. The molecule has 3 heterocycles. The number of nitrogens with one attached hydrogen (secondary N) is 2. The Labute approximate surface area is 203 Å². The number of hydrogen-bond acceptors (Lipinski definition) is 4. The van der Waals surface area contributed by atoms with Gasteiger partial charge >= 0.3 is 6.03 Å². The van der Waals surface area contributed by atoms with Gasteiger partial charge in [-0.3, -0.25) is 9.48 Å². The number of halogens is 1. The van der Waals surface area contributed by atoms with E-state index >= 15 is 0 Å². The minimum Gasteiger partial charge on any atom is -0.450 e. The van der Waals surface area contributed by atoms with Gasteiger partial charge < -0.3 is 20.0 Å². The van der Waals surface area contributed by atoms with Crippen molar-refractivity contribution in [2.45, 2.75) is 64.5 Å². The Kier molecular flexibility index (Phi) is 5.80. The predicted molar refractivity (Wildman–Crippen MR) is 131 cm³/mol. The van der Waals surface area contributed by atoms with Crippen LogP contribution >= 0.6 is 11.6 Å². The second kappa shape index (κ2) is 8.65. The van der Waals surface area contributed by atoms with E-state index in [2.05, 4.69) is 15.7 Å². The lowest BCUT2D eigenvalue weighted by molar-refractivity contribution is 0.0762. The van der Waals surface area contributed by atoms with Gasteiger partial charge in [-0.2, -0.15) is 5.10 Å². The fourth-order valence-corrected chi connectivity index (χ4v) is 5.70. The topological polar surface area (TPSA) is 92.4 Å². The molecule has 1 saturated carbocycles. The molecule has 1 fully saturated rings. The molecule has 9 heteroatoms. The van der Waals surface area contributed by atoms with E-state index < -0.39 is 5.54 Å². The lowest BCUT2D eigenvalue weighted by Gasteiger charge is -2.42. The molecule has 2 aliphatic rings. The number of hydrogen-bond donors (Lipinski definition) is 2. The molecule has 1 aliphatic heterocycles. The fraction of sp³-hybridized carbons (Fsp3) is 0.480. The molecular weight excluding hydrogens is 454 g/mol. The van der Waals surface area contributed by atoms with Crippen LogP contribution in [0.3, 0.4) is 0 Å². The zero-order valence-corrected chi connectivity index (χ0v) is 20.6. The number of furan rings is 1. The molecule has 180 valence electrons. The molecule has 2 aromatic heterocycles. The third-order valence-electron chi connectivity index (χ3n) is 7.06. The maximum absolute atomic E-state index is 13.2. The first-order chi connectivity index (χ1) is 16.3. The number of fused-ring (bicyclic) bond motifs is 4. The highest BCUT2D eigenvalue weighted by atomic mass is 35.5. The molecule has 0 bridgehead atoms. The Morgan fingerprint density at radius 1 is 1.24 bits per heavy atom. The van der Waals surface area contributed by atoms with E-state index in [0.29, 0.717) is 22.8 Å². The first-order valence-electron chi connectivity index (χ1n) is 11.9. The van der Waals surface area contributed by atoms with E-state index in [1.165, 1.54) is 0 Å². The Morgan fingerprint density at radius 3 is 2.71 bits per heavy atom. The summed E-state index contributed by atoms with van der Waals surface area (Å²) in [4.78, 5) is 27.3. The van der Waals surface area contributed by atoms with Crippen molar-refractivity contribution in [3.8, 4) is 0 Å². The van der Waals surface area contributed by atoms with Crippen molar-refractivity contribution in [1.29, 1.82) is 0 Å². The molecule has 1 aliphatic carbocycles. The van der Waals surface area contributed by atoms with Crippen LogP contribution in [0.25, 0.3) is 11.0 Å². The minimum absolute atomic E-state index is 0.181. The zero-order valence-electron chi connectivity index (χ0n) is 19.8. The highest BCUT2D eigenvalue weighted by Gasteiger charge is 2.44. The Morgan fingerprint density at radius 2 is 2.00 bits per heavy atom. The number of carbonyl (C=O) groups is 2. The number of aromatic nitrogens is 2. The number of amides is 3. The standard InChI is InChI=1S/C25H30ClN5O3/c1-15-12-16(2)31(29-15)11-7-10-30(3)23(32)19-14-17-13-18(26)21-20(22(17)34-19)25(28-24(33)27-21)8-5-4-6-9-25/h12-14H,4-11H2,1-3H3,(H2,27,28,33). The second-order valence-corrected chi connectivity index (χ2v) is 10.00. The van der Waals surface area contributed by atoms with Crippen LogP contribution in [0.1, 0.15) is 66.0 Å². The molecule has 34 heavy (non-hydrogen) atoms. The highest BCUT2D eigenvalue weighted by molar-refractivity contribution is 6.35. The number of rotatable bonds is 5. The Bertz CT molecular complexity index is 1270. The molecule has 1 spiro atoms. The van der Waals surface area contributed by atoms with Gasteiger partial charge in [-0.1, -0.05) is 30.9 Å². The summed E-state index contributed by atoms with van der Waals surface area (Å²) in [6.45, 7) is 5.33. The van der Waals surface area contributed by atoms with Crippen LogP contribution in [0.4, 0.5) is 10.5 Å². The van der Waals surface area contributed by atoms with Crippen molar-refractivity contribution in [1.82, 2.24) is 20.0 Å². The summed E-state index contributed by atoms with van der Waals surface area (Å²) in [5.41, 5.74) is 3.65. The van der Waals surface area contributed by atoms with E-state index in [9.17, 15) is 9.59 Å². The van der Waals surface area contributed by atoms with Gasteiger partial charge in [0, 0.05) is 36.8 Å². The zero-order chi connectivity index (χ0) is 24.0. The van der Waals surface area contributed by atoms with Crippen LogP contribution in [-0.2, 0) is 12.1 Å². The van der Waals surface area contributed by atoms with Crippen LogP contribution in [0.5, 0.6) is 0 Å². The number of benzene rings is 1. The summed E-state index contributed by atoms with van der Waals surface area (Å²) < 4.78 is 8.16. The molecule has 1 aromatic carbocycles. The first kappa shape index (κ1) is 22.8. The maximum Gasteiger partial charge on any atom is 0.319 e. The fourth-order valence-electron chi connectivity index (χ4n) is 5.44. The molecule has 0 radical (unpaired) electrons. The van der Waals surface area contributed by atoms with Gasteiger partial charge in [-0.15, -0.1) is 0 Å². The normalized spacial score (nSPS) is 16.9. The van der Waals surface area contributed by atoms with E-state index in [0.717, 1.165) is 67.4 Å². The average Bonchev–Trinajstić information content (AvgIpc) is 3.35. The van der Waals surface area contributed by atoms with Gasteiger partial charge in [-0.25, -0.2) is 4.79 Å². The molecule has 0 atom stereocenters. The van der Waals surface area contributed by atoms with Crippen LogP contribution in [0, 0.1) is 13.8 Å². The summed E-state index contributed by atoms with van der Waals surface area (Å²) in [6.07, 6.45) is 5.58. The van der Waals surface area contributed by atoms with Crippen molar-refractivity contribution in [3.63, 3.8) is 0 Å². The van der Waals surface area contributed by atoms with Gasteiger partial charge in [0.05, 0.1) is 21.9 Å². The summed E-state index contributed by atoms with van der Waals surface area (Å²) in [6, 6.07) is 5.32. The summed E-state index contributed by atoms with van der Waals surface area (Å²) in [7, 11) is 1.78. The van der Waals surface area contributed by atoms with Gasteiger partial charge in [-0.05, 0) is 51.3 Å². The number of carbonyl (C=O) groups excluding carboxylic acids is 2. The average molecular weight is 484 g/mol. The molecular formula is C25H30ClN5O3. The van der Waals surface area contributed by atoms with E-state index in [1.54, 1.807) is 24.1 Å². The third kappa shape index (κ3) is 3.94. The largest absolute Gasteiger partial charge is 0.450 e. The minimum atomic E-state index is -0.525. The van der Waals surface area contributed by atoms with Crippen molar-refractivity contribution in [3.05, 3.63) is 45.9 Å². The Hall–Kier alpha value is -3.00. The summed E-state index contributed by atoms with van der Waals surface area (Å²) >= 11 is 6.59. The molecule has 5 rings (SSSR count). The quantitative estimate of drug-likeness (QED) is 0.511. The van der Waals surface area contributed by atoms with E-state index in [-0.39, 0.29) is 17.7 Å². The highest BCUT2D eigenvalue weighted by Crippen LogP contribution is 2.49. The van der Waals surface area contributed by atoms with Crippen molar-refractivity contribution in [2.75, 3.05) is 18.9 Å². The van der Waals surface area contributed by atoms with Crippen LogP contribution in [-0.4, -0.2) is 40.2 Å². The summed E-state index contributed by atoms with van der Waals surface area (Å²) in [5.74, 6) is 0.0934. The molecule has 0 unspecified atom stereocenters. The van der Waals surface area contributed by atoms with Crippen molar-refractivity contribution >= 4 is 40.2 Å². The van der Waals surface area contributed by atoms with Gasteiger partial charge in [0.15, 0.2) is 5.76 Å². The predicted octanol–water partition coefficient (Wildman–Crippen LogP) is 5.36. The van der Waals surface area contributed by atoms with Crippen LogP contribution in [0.15, 0.2) is 22.6 Å². The number of nitrogens with zero attached hydrogens (tertiary/aromatic N) is 3. The molecule has 3 amide bonds. The molecule has 3 aromatic rings. The Balaban J connectivity index is 1.41. The maximum atomic E-state index is 13.2. The lowest BCUT2D eigenvalue weighted by atomic mass is 9.74. The third-order valence-corrected chi connectivity index (χ3v) is 7.36. The smallest absolute Gasteiger partial charge is 0.319 e.